The highest BCUT2D eigenvalue weighted by Gasteiger charge is 2.27. The van der Waals surface area contributed by atoms with Gasteiger partial charge >= 0.3 is 0 Å². The lowest BCUT2D eigenvalue weighted by atomic mass is 9.91. The number of carbonyl (C=O) groups is 2. The maximum Gasteiger partial charge on any atom is 0.258 e. The van der Waals surface area contributed by atoms with Crippen LogP contribution in [-0.4, -0.2) is 18.4 Å². The molecule has 5 nitrogen and oxygen atoms in total. The van der Waals surface area contributed by atoms with Crippen LogP contribution < -0.4 is 15.8 Å². The van der Waals surface area contributed by atoms with Gasteiger partial charge in [0.25, 0.3) is 5.91 Å². The summed E-state index contributed by atoms with van der Waals surface area (Å²) in [7, 11) is 0. The maximum absolute atomic E-state index is 13.2. The van der Waals surface area contributed by atoms with E-state index in [1.54, 1.807) is 36.4 Å². The molecule has 142 valence electrons. The number of carbonyl (C=O) groups excluding carboxylic acids is 2. The van der Waals surface area contributed by atoms with Crippen LogP contribution in [0.1, 0.15) is 47.6 Å². The lowest BCUT2D eigenvalue weighted by Gasteiger charge is -2.25. The Labute approximate surface area is 157 Å². The molecule has 3 rings (SSSR count). The summed E-state index contributed by atoms with van der Waals surface area (Å²) >= 11 is 0. The maximum atomic E-state index is 13.2. The first kappa shape index (κ1) is 18.9. The highest BCUT2D eigenvalue weighted by molar-refractivity contribution is 5.92. The fourth-order valence-corrected chi connectivity index (χ4v) is 3.51. The summed E-state index contributed by atoms with van der Waals surface area (Å²) in [4.78, 5) is 23.5. The van der Waals surface area contributed by atoms with Gasteiger partial charge in [-0.05, 0) is 60.7 Å². The van der Waals surface area contributed by atoms with Crippen LogP contribution in [0.5, 0.6) is 5.75 Å². The van der Waals surface area contributed by atoms with E-state index < -0.39 is 5.91 Å². The van der Waals surface area contributed by atoms with E-state index in [4.69, 9.17) is 10.5 Å². The van der Waals surface area contributed by atoms with E-state index in [0.717, 1.165) is 31.2 Å². The molecule has 27 heavy (non-hydrogen) atoms. The van der Waals surface area contributed by atoms with Crippen LogP contribution in [0.15, 0.2) is 48.5 Å². The van der Waals surface area contributed by atoms with Gasteiger partial charge in [0.15, 0.2) is 6.61 Å². The molecule has 1 aliphatic carbocycles. The highest BCUT2D eigenvalue weighted by atomic mass is 19.1. The van der Waals surface area contributed by atoms with E-state index >= 15 is 0 Å². The molecule has 1 atom stereocenters. The lowest BCUT2D eigenvalue weighted by molar-refractivity contribution is -0.124. The molecule has 0 saturated heterocycles. The molecule has 0 bridgehead atoms. The molecule has 1 saturated carbocycles. The minimum absolute atomic E-state index is 0.139. The average molecular weight is 370 g/mol. The van der Waals surface area contributed by atoms with Crippen LogP contribution in [0, 0.1) is 11.7 Å². The van der Waals surface area contributed by atoms with Gasteiger partial charge in [0.2, 0.25) is 5.91 Å². The third-order valence-corrected chi connectivity index (χ3v) is 4.93. The van der Waals surface area contributed by atoms with Gasteiger partial charge in [-0.2, -0.15) is 0 Å². The molecule has 0 spiro atoms. The Kier molecular flexibility index (Phi) is 6.06. The van der Waals surface area contributed by atoms with Crippen molar-refractivity contribution >= 4 is 11.8 Å². The van der Waals surface area contributed by atoms with E-state index in [0.29, 0.717) is 17.2 Å². The Balaban J connectivity index is 1.61. The van der Waals surface area contributed by atoms with Crippen molar-refractivity contribution in [2.24, 2.45) is 11.7 Å². The third kappa shape index (κ3) is 5.06. The van der Waals surface area contributed by atoms with Crippen LogP contribution in [0.4, 0.5) is 4.39 Å². The number of ether oxygens (including phenoxy) is 1. The second kappa shape index (κ2) is 8.66. The highest BCUT2D eigenvalue weighted by Crippen LogP contribution is 2.35. The van der Waals surface area contributed by atoms with Gasteiger partial charge in [0.05, 0.1) is 6.04 Å². The third-order valence-electron chi connectivity index (χ3n) is 4.93. The van der Waals surface area contributed by atoms with Crippen molar-refractivity contribution in [2.45, 2.75) is 31.7 Å². The summed E-state index contributed by atoms with van der Waals surface area (Å²) in [6.07, 6.45) is 4.36. The first-order valence-electron chi connectivity index (χ1n) is 9.10. The molecule has 6 heteroatoms. The Bertz CT molecular complexity index is 784. The topological polar surface area (TPSA) is 81.4 Å². The van der Waals surface area contributed by atoms with Crippen LogP contribution >= 0.6 is 0 Å². The zero-order valence-corrected chi connectivity index (χ0v) is 15.0. The van der Waals surface area contributed by atoms with Crippen molar-refractivity contribution in [1.29, 1.82) is 0 Å². The van der Waals surface area contributed by atoms with Crippen LogP contribution in [-0.2, 0) is 4.79 Å². The number of benzene rings is 2. The SMILES string of the molecule is NC(=O)c1ccc(OCC(=O)NC(c2ccc(F)cc2)C2CCCC2)cc1. The van der Waals surface area contributed by atoms with Crippen molar-refractivity contribution in [3.8, 4) is 5.75 Å². The van der Waals surface area contributed by atoms with Gasteiger partial charge in [-0.3, -0.25) is 9.59 Å². The first-order chi connectivity index (χ1) is 13.0. The van der Waals surface area contributed by atoms with Crippen LogP contribution in [0.3, 0.4) is 0 Å². The first-order valence-corrected chi connectivity index (χ1v) is 9.10. The Morgan fingerprint density at radius 3 is 2.30 bits per heavy atom. The molecule has 1 unspecified atom stereocenters. The zero-order valence-electron chi connectivity index (χ0n) is 15.0. The minimum Gasteiger partial charge on any atom is -0.484 e. The molecule has 2 amide bonds. The quantitative estimate of drug-likeness (QED) is 0.784. The number of hydrogen-bond donors (Lipinski definition) is 2. The number of rotatable bonds is 7. The number of amides is 2. The van der Waals surface area contributed by atoms with Gasteiger partial charge in [0.1, 0.15) is 11.6 Å². The Morgan fingerprint density at radius 1 is 1.07 bits per heavy atom. The van der Waals surface area contributed by atoms with E-state index in [1.807, 2.05) is 0 Å². The molecule has 0 aromatic heterocycles. The molecule has 0 aliphatic heterocycles. The molecule has 0 radical (unpaired) electrons. The summed E-state index contributed by atoms with van der Waals surface area (Å²) in [5, 5.41) is 3.03. The number of halogens is 1. The van der Waals surface area contributed by atoms with Crippen LogP contribution in [0.25, 0.3) is 0 Å². The average Bonchev–Trinajstić information content (AvgIpc) is 3.20. The molecule has 2 aromatic rings. The molecule has 0 heterocycles. The van der Waals surface area contributed by atoms with Crippen molar-refractivity contribution in [1.82, 2.24) is 5.32 Å². The van der Waals surface area contributed by atoms with Crippen molar-refractivity contribution < 1.29 is 18.7 Å². The number of nitrogens with one attached hydrogen (secondary N) is 1. The molecule has 2 aromatic carbocycles. The molecule has 1 fully saturated rings. The number of primary amides is 1. The van der Waals surface area contributed by atoms with Crippen molar-refractivity contribution in [2.75, 3.05) is 6.61 Å². The van der Waals surface area contributed by atoms with E-state index in [2.05, 4.69) is 5.32 Å². The summed E-state index contributed by atoms with van der Waals surface area (Å²) in [6.45, 7) is -0.139. The van der Waals surface area contributed by atoms with Gasteiger partial charge in [-0.1, -0.05) is 25.0 Å². The predicted molar refractivity (Wildman–Crippen MR) is 99.7 cm³/mol. The smallest absolute Gasteiger partial charge is 0.258 e. The van der Waals surface area contributed by atoms with Crippen LogP contribution in [0.2, 0.25) is 0 Å². The molecular formula is C21H23FN2O3. The van der Waals surface area contributed by atoms with Gasteiger partial charge in [-0.25, -0.2) is 4.39 Å². The van der Waals surface area contributed by atoms with Gasteiger partial charge in [-0.15, -0.1) is 0 Å². The molecule has 1 aliphatic rings. The molecular weight excluding hydrogens is 347 g/mol. The largest absolute Gasteiger partial charge is 0.484 e. The second-order valence-corrected chi connectivity index (χ2v) is 6.82. The van der Waals surface area contributed by atoms with E-state index in [1.165, 1.54) is 12.1 Å². The van der Waals surface area contributed by atoms with E-state index in [9.17, 15) is 14.0 Å². The number of hydrogen-bond acceptors (Lipinski definition) is 3. The fourth-order valence-electron chi connectivity index (χ4n) is 3.51. The number of nitrogens with two attached hydrogens (primary N) is 1. The summed E-state index contributed by atoms with van der Waals surface area (Å²) in [6, 6.07) is 12.4. The summed E-state index contributed by atoms with van der Waals surface area (Å²) in [5.74, 6) is -0.227. The summed E-state index contributed by atoms with van der Waals surface area (Å²) in [5.41, 5.74) is 6.48. The zero-order chi connectivity index (χ0) is 19.2. The monoisotopic (exact) mass is 370 g/mol. The van der Waals surface area contributed by atoms with Gasteiger partial charge in [0, 0.05) is 5.56 Å². The summed E-state index contributed by atoms with van der Waals surface area (Å²) < 4.78 is 18.7. The Morgan fingerprint density at radius 2 is 1.70 bits per heavy atom. The fraction of sp³-hybridized carbons (Fsp3) is 0.333. The normalized spacial score (nSPS) is 15.3. The molecule has 3 N–H and O–H groups in total. The lowest BCUT2D eigenvalue weighted by Crippen LogP contribution is -2.36. The van der Waals surface area contributed by atoms with E-state index in [-0.39, 0.29) is 24.4 Å². The predicted octanol–water partition coefficient (Wildman–Crippen LogP) is 3.35. The van der Waals surface area contributed by atoms with Gasteiger partial charge < -0.3 is 15.8 Å². The van der Waals surface area contributed by atoms with Crippen molar-refractivity contribution in [3.05, 3.63) is 65.5 Å². The minimum atomic E-state index is -0.516. The van der Waals surface area contributed by atoms with Crippen molar-refractivity contribution in [3.63, 3.8) is 0 Å². The Hall–Kier alpha value is -2.89. The second-order valence-electron chi connectivity index (χ2n) is 6.82. The standard InChI is InChI=1S/C21H23FN2O3/c22-17-9-5-15(6-10-17)20(14-3-1-2-4-14)24-19(25)13-27-18-11-7-16(8-12-18)21(23)26/h5-12,14,20H,1-4,13H2,(H2,23,26)(H,24,25).